The molecule has 0 spiro atoms. The highest BCUT2D eigenvalue weighted by Gasteiger charge is 2.24. The maximum Gasteiger partial charge on any atom is 0.0594 e. The number of piperazine rings is 1. The summed E-state index contributed by atoms with van der Waals surface area (Å²) in [6.07, 6.45) is 4.24. The van der Waals surface area contributed by atoms with Crippen LogP contribution >= 0.6 is 0 Å². The summed E-state index contributed by atoms with van der Waals surface area (Å²) in [7, 11) is 2.19. The van der Waals surface area contributed by atoms with Gasteiger partial charge in [0.1, 0.15) is 0 Å². The summed E-state index contributed by atoms with van der Waals surface area (Å²) < 4.78 is 5.25. The molecule has 31 heavy (non-hydrogen) atoms. The Morgan fingerprint density at radius 3 is 1.13 bits per heavy atom. The van der Waals surface area contributed by atoms with Crippen molar-refractivity contribution in [1.29, 1.82) is 0 Å². The van der Waals surface area contributed by atoms with E-state index < -0.39 is 0 Å². The number of hydrogen-bond donors (Lipinski definition) is 0. The molecule has 0 aromatic carbocycles. The number of likely N-dealkylation sites (N-methyl/N-ethyl adjacent to an activating group) is 1. The molecule has 0 atom stereocenters. The molecule has 3 saturated heterocycles. The Morgan fingerprint density at radius 1 is 0.452 bits per heavy atom. The third-order valence-electron chi connectivity index (χ3n) is 6.72. The van der Waals surface area contributed by atoms with Crippen LogP contribution in [-0.4, -0.2) is 109 Å². The molecule has 5 nitrogen and oxygen atoms in total. The average molecular weight is 441 g/mol. The van der Waals surface area contributed by atoms with E-state index in [1.165, 1.54) is 58.5 Å². The van der Waals surface area contributed by atoms with Crippen LogP contribution in [0.25, 0.3) is 0 Å². The van der Waals surface area contributed by atoms with E-state index in [0.717, 1.165) is 26.3 Å². The quantitative estimate of drug-likeness (QED) is 0.554. The van der Waals surface area contributed by atoms with Gasteiger partial charge in [-0.1, -0.05) is 6.42 Å². The second kappa shape index (κ2) is 12.9. The minimum atomic E-state index is 0.323. The van der Waals surface area contributed by atoms with Gasteiger partial charge in [-0.2, -0.15) is 0 Å². The van der Waals surface area contributed by atoms with Gasteiger partial charge in [-0.05, 0) is 95.3 Å². The smallest absolute Gasteiger partial charge is 0.0594 e. The number of morpholine rings is 1. The Hall–Kier alpha value is -0.200. The van der Waals surface area contributed by atoms with Gasteiger partial charge in [-0.3, -0.25) is 14.7 Å². The molecule has 0 radical (unpaired) electrons. The van der Waals surface area contributed by atoms with Gasteiger partial charge in [0, 0.05) is 55.9 Å². The molecule has 0 aromatic rings. The summed E-state index contributed by atoms with van der Waals surface area (Å²) in [6.45, 7) is 32.0. The average Bonchev–Trinajstić information content (AvgIpc) is 2.69. The van der Waals surface area contributed by atoms with Gasteiger partial charge in [0.15, 0.2) is 0 Å². The van der Waals surface area contributed by atoms with Crippen LogP contribution in [0.3, 0.4) is 0 Å². The molecule has 0 bridgehead atoms. The molecular weight excluding hydrogens is 384 g/mol. The third kappa shape index (κ3) is 12.0. The summed E-state index contributed by atoms with van der Waals surface area (Å²) in [5.41, 5.74) is 1.09. The summed E-state index contributed by atoms with van der Waals surface area (Å²) >= 11 is 0. The number of hydrogen-bond acceptors (Lipinski definition) is 5. The van der Waals surface area contributed by atoms with E-state index in [1.54, 1.807) is 0 Å². The summed E-state index contributed by atoms with van der Waals surface area (Å²) in [4.78, 5) is 9.97. The molecule has 3 fully saturated rings. The van der Waals surface area contributed by atoms with Gasteiger partial charge < -0.3 is 9.64 Å². The van der Waals surface area contributed by atoms with Crippen molar-refractivity contribution in [2.45, 2.75) is 98.2 Å². The molecule has 3 heterocycles. The zero-order valence-corrected chi connectivity index (χ0v) is 22.9. The first-order valence-corrected chi connectivity index (χ1v) is 12.7. The second-order valence-electron chi connectivity index (χ2n) is 12.4. The highest BCUT2D eigenvalue weighted by atomic mass is 16.5. The normalized spacial score (nSPS) is 23.4. The Balaban J connectivity index is 0.000000233. The lowest BCUT2D eigenvalue weighted by molar-refractivity contribution is -0.00389. The van der Waals surface area contributed by atoms with Crippen LogP contribution < -0.4 is 0 Å². The Kier molecular flexibility index (Phi) is 12.0. The van der Waals surface area contributed by atoms with Crippen LogP contribution in [0.2, 0.25) is 0 Å². The van der Waals surface area contributed by atoms with E-state index in [-0.39, 0.29) is 0 Å². The number of piperidine rings is 1. The minimum Gasteiger partial charge on any atom is -0.379 e. The third-order valence-corrected chi connectivity index (χ3v) is 6.72. The van der Waals surface area contributed by atoms with Gasteiger partial charge in [0.05, 0.1) is 13.2 Å². The van der Waals surface area contributed by atoms with Crippen molar-refractivity contribution in [2.75, 3.05) is 72.6 Å². The SMILES string of the molecule is CC(C)(C)N1CCCCC1.CC(C)(C)N1CCOCC1.CN1CCN(C(C)(C)C)CC1. The van der Waals surface area contributed by atoms with Crippen LogP contribution in [-0.2, 0) is 4.74 Å². The lowest BCUT2D eigenvalue weighted by Crippen LogP contribution is -2.52. The molecule has 0 aliphatic carbocycles. The minimum absolute atomic E-state index is 0.323. The van der Waals surface area contributed by atoms with Crippen LogP contribution in [0, 0.1) is 0 Å². The van der Waals surface area contributed by atoms with E-state index in [0.29, 0.717) is 16.6 Å². The van der Waals surface area contributed by atoms with E-state index in [2.05, 4.69) is 89.0 Å². The van der Waals surface area contributed by atoms with Crippen molar-refractivity contribution in [2.24, 2.45) is 0 Å². The zero-order chi connectivity index (χ0) is 23.7. The predicted molar refractivity (Wildman–Crippen MR) is 136 cm³/mol. The summed E-state index contributed by atoms with van der Waals surface area (Å²) in [5.74, 6) is 0. The summed E-state index contributed by atoms with van der Waals surface area (Å²) in [6, 6.07) is 0. The molecule has 0 amide bonds. The van der Waals surface area contributed by atoms with Crippen molar-refractivity contribution in [1.82, 2.24) is 19.6 Å². The fraction of sp³-hybridized carbons (Fsp3) is 1.00. The predicted octanol–water partition coefficient (Wildman–Crippen LogP) is 4.42. The van der Waals surface area contributed by atoms with Crippen LogP contribution in [0.5, 0.6) is 0 Å². The fourth-order valence-corrected chi connectivity index (χ4v) is 4.28. The highest BCUT2D eigenvalue weighted by Crippen LogP contribution is 2.19. The maximum absolute atomic E-state index is 5.25. The van der Waals surface area contributed by atoms with Crippen molar-refractivity contribution < 1.29 is 4.74 Å². The van der Waals surface area contributed by atoms with Gasteiger partial charge in [-0.25, -0.2) is 0 Å². The molecule has 186 valence electrons. The summed E-state index contributed by atoms with van der Waals surface area (Å²) in [5, 5.41) is 0. The first-order chi connectivity index (χ1) is 14.2. The highest BCUT2D eigenvalue weighted by molar-refractivity contribution is 4.81. The van der Waals surface area contributed by atoms with Crippen LogP contribution in [0.4, 0.5) is 0 Å². The molecule has 0 aromatic heterocycles. The van der Waals surface area contributed by atoms with Gasteiger partial charge >= 0.3 is 0 Å². The zero-order valence-electron chi connectivity index (χ0n) is 22.9. The van der Waals surface area contributed by atoms with Gasteiger partial charge in [0.25, 0.3) is 0 Å². The van der Waals surface area contributed by atoms with Crippen molar-refractivity contribution in [3.05, 3.63) is 0 Å². The fourth-order valence-electron chi connectivity index (χ4n) is 4.28. The maximum atomic E-state index is 5.25. The van der Waals surface area contributed by atoms with E-state index >= 15 is 0 Å². The Morgan fingerprint density at radius 2 is 0.806 bits per heavy atom. The van der Waals surface area contributed by atoms with Gasteiger partial charge in [-0.15, -0.1) is 0 Å². The molecule has 3 aliphatic rings. The number of ether oxygens (including phenoxy) is 1. The van der Waals surface area contributed by atoms with Crippen molar-refractivity contribution in [3.8, 4) is 0 Å². The monoisotopic (exact) mass is 440 g/mol. The molecule has 0 saturated carbocycles. The molecule has 0 unspecified atom stereocenters. The lowest BCUT2D eigenvalue weighted by Gasteiger charge is -2.41. The van der Waals surface area contributed by atoms with Crippen molar-refractivity contribution in [3.63, 3.8) is 0 Å². The number of rotatable bonds is 0. The van der Waals surface area contributed by atoms with E-state index in [4.69, 9.17) is 4.74 Å². The van der Waals surface area contributed by atoms with E-state index in [9.17, 15) is 0 Å². The molecular formula is C26H56N4O. The lowest BCUT2D eigenvalue weighted by atomic mass is 10.0. The Labute approximate surface area is 195 Å². The standard InChI is InChI=1S/C9H20N2.C9H19N.C8H17NO/c1-9(2,3)11-7-5-10(4)6-8-11;1-9(2,3)10-7-5-4-6-8-10;1-8(2,3)9-4-6-10-7-5-9/h5-8H2,1-4H3;4-8H2,1-3H3;4-7H2,1-3H3. The first-order valence-electron chi connectivity index (χ1n) is 12.7. The largest absolute Gasteiger partial charge is 0.379 e. The van der Waals surface area contributed by atoms with Crippen molar-refractivity contribution >= 4 is 0 Å². The Bertz CT molecular complexity index is 427. The number of likely N-dealkylation sites (tertiary alicyclic amines) is 1. The number of nitrogens with zero attached hydrogens (tertiary/aromatic N) is 4. The molecule has 3 rings (SSSR count). The first kappa shape index (κ1) is 28.8. The van der Waals surface area contributed by atoms with E-state index in [1.807, 2.05) is 0 Å². The van der Waals surface area contributed by atoms with Gasteiger partial charge in [0.2, 0.25) is 0 Å². The molecule has 3 aliphatic heterocycles. The topological polar surface area (TPSA) is 22.2 Å². The molecule has 5 heteroatoms. The molecule has 0 N–H and O–H groups in total. The van der Waals surface area contributed by atoms with Crippen LogP contribution in [0.15, 0.2) is 0 Å². The van der Waals surface area contributed by atoms with Crippen LogP contribution in [0.1, 0.15) is 81.6 Å². The second-order valence-corrected chi connectivity index (χ2v) is 12.4.